The monoisotopic (exact) mass is 193 g/mol. The molecule has 15 heavy (non-hydrogen) atoms. The van der Waals surface area contributed by atoms with Gasteiger partial charge in [0.1, 0.15) is 6.20 Å². The Morgan fingerprint density at radius 3 is 2.67 bits per heavy atom. The third-order valence-electron chi connectivity index (χ3n) is 2.51. The Labute approximate surface area is 87.6 Å². The fourth-order valence-corrected chi connectivity index (χ4v) is 1.73. The van der Waals surface area contributed by atoms with Gasteiger partial charge in [0.2, 0.25) is 0 Å². The molecule has 0 aliphatic rings. The van der Waals surface area contributed by atoms with E-state index in [-0.39, 0.29) is 0 Å². The van der Waals surface area contributed by atoms with Crippen molar-refractivity contribution in [2.45, 2.75) is 0 Å². The molecule has 0 fully saturated rings. The maximum Gasteiger partial charge on any atom is 0.113 e. The summed E-state index contributed by atoms with van der Waals surface area (Å²) in [5.41, 5.74) is 2.14. The SMILES string of the molecule is [c]1cc(-c2ccc3ccccc3c2)[nH]n1. The largest absolute Gasteiger partial charge is 0.277 e. The fourth-order valence-electron chi connectivity index (χ4n) is 1.73. The predicted molar refractivity (Wildman–Crippen MR) is 60.4 cm³/mol. The van der Waals surface area contributed by atoms with E-state index in [9.17, 15) is 0 Å². The smallest absolute Gasteiger partial charge is 0.113 e. The van der Waals surface area contributed by atoms with E-state index >= 15 is 0 Å². The first kappa shape index (κ1) is 8.24. The molecule has 0 saturated carbocycles. The van der Waals surface area contributed by atoms with E-state index in [0.717, 1.165) is 11.3 Å². The first-order valence-corrected chi connectivity index (χ1v) is 4.84. The number of hydrogen-bond donors (Lipinski definition) is 1. The Hall–Kier alpha value is -2.09. The number of nitrogens with one attached hydrogen (secondary N) is 1. The highest BCUT2D eigenvalue weighted by molar-refractivity contribution is 5.86. The second-order valence-corrected chi connectivity index (χ2v) is 3.47. The average molecular weight is 193 g/mol. The van der Waals surface area contributed by atoms with Crippen molar-refractivity contribution < 1.29 is 0 Å². The van der Waals surface area contributed by atoms with Gasteiger partial charge in [-0.2, -0.15) is 5.10 Å². The molecule has 0 atom stereocenters. The summed E-state index contributed by atoms with van der Waals surface area (Å²) < 4.78 is 0. The lowest BCUT2D eigenvalue weighted by atomic mass is 10.1. The lowest BCUT2D eigenvalue weighted by Gasteiger charge is -2.00. The molecular formula is C13H9N2. The number of rotatable bonds is 1. The van der Waals surface area contributed by atoms with E-state index in [2.05, 4.69) is 46.7 Å². The van der Waals surface area contributed by atoms with Crippen molar-refractivity contribution in [3.05, 3.63) is 54.7 Å². The van der Waals surface area contributed by atoms with Crippen molar-refractivity contribution in [1.29, 1.82) is 0 Å². The summed E-state index contributed by atoms with van der Waals surface area (Å²) >= 11 is 0. The topological polar surface area (TPSA) is 28.7 Å². The van der Waals surface area contributed by atoms with Crippen molar-refractivity contribution >= 4 is 10.8 Å². The van der Waals surface area contributed by atoms with E-state index in [1.165, 1.54) is 10.8 Å². The molecular weight excluding hydrogens is 184 g/mol. The molecule has 1 N–H and O–H groups in total. The zero-order chi connectivity index (χ0) is 10.1. The molecule has 3 rings (SSSR count). The van der Waals surface area contributed by atoms with Gasteiger partial charge in [0, 0.05) is 5.56 Å². The van der Waals surface area contributed by atoms with Gasteiger partial charge in [0.25, 0.3) is 0 Å². The summed E-state index contributed by atoms with van der Waals surface area (Å²) in [4.78, 5) is 0. The van der Waals surface area contributed by atoms with Gasteiger partial charge in [-0.05, 0) is 22.9 Å². The number of aromatic nitrogens is 2. The summed E-state index contributed by atoms with van der Waals surface area (Å²) in [6.07, 6.45) is 2.77. The number of aromatic amines is 1. The minimum absolute atomic E-state index is 1.00. The third kappa shape index (κ3) is 1.40. The van der Waals surface area contributed by atoms with Crippen LogP contribution in [-0.2, 0) is 0 Å². The number of H-pyrrole nitrogens is 1. The van der Waals surface area contributed by atoms with Crippen molar-refractivity contribution in [3.63, 3.8) is 0 Å². The minimum atomic E-state index is 1.00. The molecule has 0 aliphatic carbocycles. The average Bonchev–Trinajstić information content (AvgIpc) is 2.82. The molecule has 71 valence electrons. The van der Waals surface area contributed by atoms with Crippen molar-refractivity contribution in [3.8, 4) is 11.3 Å². The van der Waals surface area contributed by atoms with Crippen LogP contribution < -0.4 is 0 Å². The quantitative estimate of drug-likeness (QED) is 0.632. The molecule has 2 aromatic carbocycles. The van der Waals surface area contributed by atoms with Crippen LogP contribution in [0.15, 0.2) is 48.5 Å². The Balaban J connectivity index is 2.22. The number of fused-ring (bicyclic) bond motifs is 1. The fraction of sp³-hybridized carbons (Fsp3) is 0. The van der Waals surface area contributed by atoms with Gasteiger partial charge >= 0.3 is 0 Å². The van der Waals surface area contributed by atoms with Gasteiger partial charge in [-0.25, -0.2) is 0 Å². The molecule has 0 bridgehead atoms. The van der Waals surface area contributed by atoms with Crippen LogP contribution in [0.5, 0.6) is 0 Å². The summed E-state index contributed by atoms with van der Waals surface area (Å²) in [7, 11) is 0. The molecule has 1 radical (unpaired) electrons. The predicted octanol–water partition coefficient (Wildman–Crippen LogP) is 3.03. The molecule has 0 spiro atoms. The molecule has 0 aliphatic heterocycles. The van der Waals surface area contributed by atoms with Crippen LogP contribution in [0, 0.1) is 6.20 Å². The van der Waals surface area contributed by atoms with Crippen LogP contribution in [0.3, 0.4) is 0 Å². The highest BCUT2D eigenvalue weighted by atomic mass is 15.1. The summed E-state index contributed by atoms with van der Waals surface area (Å²) in [5.74, 6) is 0. The zero-order valence-electron chi connectivity index (χ0n) is 8.07. The molecule has 3 aromatic rings. The zero-order valence-corrected chi connectivity index (χ0v) is 8.07. The lowest BCUT2D eigenvalue weighted by Crippen LogP contribution is -1.78. The maximum absolute atomic E-state index is 3.83. The molecule has 2 nitrogen and oxygen atoms in total. The first-order valence-electron chi connectivity index (χ1n) is 4.84. The summed E-state index contributed by atoms with van der Waals surface area (Å²) in [5, 5.41) is 9.24. The Morgan fingerprint density at radius 1 is 1.00 bits per heavy atom. The van der Waals surface area contributed by atoms with E-state index in [4.69, 9.17) is 0 Å². The van der Waals surface area contributed by atoms with Crippen molar-refractivity contribution in [2.75, 3.05) is 0 Å². The molecule has 1 aromatic heterocycles. The van der Waals surface area contributed by atoms with E-state index in [1.807, 2.05) is 18.2 Å². The van der Waals surface area contributed by atoms with Gasteiger partial charge in [0.05, 0.1) is 5.69 Å². The van der Waals surface area contributed by atoms with E-state index in [1.54, 1.807) is 0 Å². The van der Waals surface area contributed by atoms with Gasteiger partial charge in [0.15, 0.2) is 0 Å². The normalized spacial score (nSPS) is 10.7. The second kappa shape index (κ2) is 3.24. The van der Waals surface area contributed by atoms with Crippen LogP contribution in [0.1, 0.15) is 0 Å². The van der Waals surface area contributed by atoms with E-state index < -0.39 is 0 Å². The van der Waals surface area contributed by atoms with Crippen molar-refractivity contribution in [1.82, 2.24) is 10.2 Å². The molecule has 0 amide bonds. The van der Waals surface area contributed by atoms with Crippen LogP contribution >= 0.6 is 0 Å². The first-order chi connectivity index (χ1) is 7.43. The second-order valence-electron chi connectivity index (χ2n) is 3.47. The van der Waals surface area contributed by atoms with Crippen LogP contribution in [0.4, 0.5) is 0 Å². The Morgan fingerprint density at radius 2 is 1.87 bits per heavy atom. The number of nitrogens with zero attached hydrogens (tertiary/aromatic N) is 1. The van der Waals surface area contributed by atoms with Crippen molar-refractivity contribution in [2.24, 2.45) is 0 Å². The van der Waals surface area contributed by atoms with Gasteiger partial charge in [-0.3, -0.25) is 5.10 Å². The third-order valence-corrected chi connectivity index (χ3v) is 2.51. The highest BCUT2D eigenvalue weighted by Gasteiger charge is 1.99. The maximum atomic E-state index is 3.83. The lowest BCUT2D eigenvalue weighted by molar-refractivity contribution is 1.09. The van der Waals surface area contributed by atoms with Gasteiger partial charge in [-0.1, -0.05) is 36.4 Å². The number of benzene rings is 2. The van der Waals surface area contributed by atoms with Gasteiger partial charge < -0.3 is 0 Å². The number of hydrogen-bond acceptors (Lipinski definition) is 1. The molecule has 0 unspecified atom stereocenters. The Kier molecular flexibility index (Phi) is 1.78. The molecule has 0 saturated heterocycles. The minimum Gasteiger partial charge on any atom is -0.277 e. The Bertz CT molecular complexity index is 582. The summed E-state index contributed by atoms with van der Waals surface area (Å²) in [6, 6.07) is 16.5. The van der Waals surface area contributed by atoms with Crippen LogP contribution in [0.25, 0.3) is 22.0 Å². The van der Waals surface area contributed by atoms with E-state index in [0.29, 0.717) is 0 Å². The van der Waals surface area contributed by atoms with Gasteiger partial charge in [-0.15, -0.1) is 0 Å². The molecule has 2 heteroatoms. The van der Waals surface area contributed by atoms with Crippen LogP contribution in [-0.4, -0.2) is 10.2 Å². The highest BCUT2D eigenvalue weighted by Crippen LogP contribution is 2.22. The summed E-state index contributed by atoms with van der Waals surface area (Å²) in [6.45, 7) is 0. The standard InChI is InChI=1S/C13H9N2/c1-2-4-11-9-12(6-5-10(11)3-1)13-7-8-14-15-13/h1-7,9H,(H,14,15). The molecule has 1 heterocycles. The van der Waals surface area contributed by atoms with Crippen LogP contribution in [0.2, 0.25) is 0 Å².